The third-order valence-electron chi connectivity index (χ3n) is 11.7. The van der Waals surface area contributed by atoms with Gasteiger partial charge in [-0.3, -0.25) is 14.1 Å². The lowest BCUT2D eigenvalue weighted by atomic mass is 9.44. The third-order valence-corrected chi connectivity index (χ3v) is 14.2. The van der Waals surface area contributed by atoms with Gasteiger partial charge in [0.05, 0.1) is 12.1 Å². The number of carbonyl (C=O) groups excluding carboxylic acids is 2. The predicted octanol–water partition coefficient (Wildman–Crippen LogP) is 5.79. The van der Waals surface area contributed by atoms with Crippen molar-refractivity contribution in [2.75, 3.05) is 0 Å². The Hall–Kier alpha value is -1.29. The lowest BCUT2D eigenvalue weighted by Gasteiger charge is -2.61. The summed E-state index contributed by atoms with van der Waals surface area (Å²) in [7, 11) is -4.25. The Balaban J connectivity index is 1.26. The summed E-state index contributed by atoms with van der Waals surface area (Å²) in [4.78, 5) is 26.1. The highest BCUT2D eigenvalue weighted by Gasteiger charge is 2.63. The zero-order valence-corrected chi connectivity index (χ0v) is 25.3. The van der Waals surface area contributed by atoms with Crippen LogP contribution in [0.3, 0.4) is 0 Å². The van der Waals surface area contributed by atoms with Gasteiger partial charge in [0.25, 0.3) is 0 Å². The normalized spacial score (nSPS) is 39.8. The molecule has 2 unspecified atom stereocenters. The van der Waals surface area contributed by atoms with E-state index in [0.29, 0.717) is 55.1 Å². The maximum Gasteiger partial charge on any atom is 0.304 e. The molecule has 0 spiro atoms. The Morgan fingerprint density at radius 1 is 1.15 bits per heavy atom. The number of Topliss-reactive ketones (excluding diaryl/α,β-unsaturated/α-hetero) is 1. The fourth-order valence-electron chi connectivity index (χ4n) is 9.71. The summed E-state index contributed by atoms with van der Waals surface area (Å²) >= 11 is 0.996. The topological polar surface area (TPSA) is 121 Å². The van der Waals surface area contributed by atoms with Crippen LogP contribution < -0.4 is 5.32 Å². The van der Waals surface area contributed by atoms with Crippen molar-refractivity contribution < 1.29 is 27.7 Å². The van der Waals surface area contributed by atoms with E-state index in [4.69, 9.17) is 0 Å². The number of fused-ring (bicyclic) bond motifs is 5. The van der Waals surface area contributed by atoms with Crippen LogP contribution in [0.2, 0.25) is 0 Å². The van der Waals surface area contributed by atoms with E-state index in [0.717, 1.165) is 54.7 Å². The van der Waals surface area contributed by atoms with Crippen molar-refractivity contribution in [2.24, 2.45) is 46.3 Å². The largest absolute Gasteiger partial charge is 0.393 e. The van der Waals surface area contributed by atoms with E-state index in [1.54, 1.807) is 6.07 Å². The molecule has 0 radical (unpaired) electrons. The van der Waals surface area contributed by atoms with Gasteiger partial charge in [0, 0.05) is 24.1 Å². The Morgan fingerprint density at radius 3 is 2.54 bits per heavy atom. The summed E-state index contributed by atoms with van der Waals surface area (Å²) < 4.78 is 32.2. The maximum atomic E-state index is 13.2. The van der Waals surface area contributed by atoms with Crippen molar-refractivity contribution >= 4 is 33.1 Å². The van der Waals surface area contributed by atoms with Crippen LogP contribution in [-0.2, 0) is 19.7 Å². The van der Waals surface area contributed by atoms with Crippen molar-refractivity contribution in [3.8, 4) is 0 Å². The first-order valence-electron chi connectivity index (χ1n) is 14.8. The first-order valence-corrected chi connectivity index (χ1v) is 17.1. The minimum atomic E-state index is -4.25. The van der Waals surface area contributed by atoms with E-state index < -0.39 is 10.1 Å². The highest BCUT2D eigenvalue weighted by atomic mass is 32.3. The number of hydrogen-bond donors (Lipinski definition) is 3. The smallest absolute Gasteiger partial charge is 0.304 e. The lowest BCUT2D eigenvalue weighted by Crippen LogP contribution is -2.58. The molecule has 4 aliphatic rings. The summed E-state index contributed by atoms with van der Waals surface area (Å²) in [5.41, 5.74) is 0.243. The fourth-order valence-corrected chi connectivity index (χ4v) is 11.5. The summed E-state index contributed by atoms with van der Waals surface area (Å²) in [5.74, 6) is 2.45. The zero-order chi connectivity index (χ0) is 28.3. The van der Waals surface area contributed by atoms with E-state index in [1.165, 1.54) is 6.07 Å². The lowest BCUT2D eigenvalue weighted by molar-refractivity contribution is -0.169. The quantitative estimate of drug-likeness (QED) is 0.352. The first kappa shape index (κ1) is 29.2. The Labute approximate surface area is 237 Å². The Morgan fingerprint density at radius 2 is 1.87 bits per heavy atom. The monoisotopic (exact) mass is 579 g/mol. The van der Waals surface area contributed by atoms with E-state index in [2.05, 4.69) is 26.1 Å². The van der Waals surface area contributed by atoms with Gasteiger partial charge in [0.2, 0.25) is 5.91 Å². The average Bonchev–Trinajstić information content (AvgIpc) is 3.48. The molecule has 1 aromatic heterocycles. The third kappa shape index (κ3) is 5.15. The molecule has 1 heterocycles. The summed E-state index contributed by atoms with van der Waals surface area (Å²) in [6.45, 7) is 8.94. The van der Waals surface area contributed by atoms with Gasteiger partial charge in [-0.1, -0.05) is 27.7 Å². The molecule has 1 amide bonds. The van der Waals surface area contributed by atoms with Gasteiger partial charge in [0.1, 0.15) is 9.99 Å². The SMILES string of the molecule is CCC(NC(=O)C[C@@H](C)C1CC[C@H]2[C@@H]3[C@H](O)C[C@@H]4CC(=O)CC[C@]4(C)[C@H]3CC[C@]12C)c1ccc(S(=O)(=O)O)s1. The molecular weight excluding hydrogens is 534 g/mol. The van der Waals surface area contributed by atoms with E-state index in [9.17, 15) is 27.7 Å². The van der Waals surface area contributed by atoms with Gasteiger partial charge >= 0.3 is 10.1 Å². The van der Waals surface area contributed by atoms with Crippen LogP contribution in [-0.4, -0.2) is 35.9 Å². The molecule has 0 aromatic carbocycles. The summed E-state index contributed by atoms with van der Waals surface area (Å²) in [6.07, 6.45) is 8.10. The number of carbonyl (C=O) groups is 2. The molecule has 0 bridgehead atoms. The molecule has 3 N–H and O–H groups in total. The maximum absolute atomic E-state index is 13.2. The standard InChI is InChI=1S/C30H45NO6S2/c1-5-23(25-8-9-27(38-25)39(35,36)37)31-26(34)14-17(2)20-6-7-21-28-22(11-13-30(20,21)4)29(3)12-10-19(32)15-18(29)16-24(28)33/h8-9,17-18,20-24,28,33H,5-7,10-16H2,1-4H3,(H,31,34)(H,35,36,37)/t17-,18+,20?,21+,22+,23?,24-,28+,29+,30-/m1/s1. The predicted molar refractivity (Wildman–Crippen MR) is 151 cm³/mol. The van der Waals surface area contributed by atoms with Crippen molar-refractivity contribution in [3.05, 3.63) is 17.0 Å². The minimum absolute atomic E-state index is 0.0307. The minimum Gasteiger partial charge on any atom is -0.393 e. The van der Waals surface area contributed by atoms with Gasteiger partial charge in [0.15, 0.2) is 0 Å². The van der Waals surface area contributed by atoms with Crippen molar-refractivity contribution in [2.45, 2.75) is 108 Å². The second-order valence-corrected chi connectivity index (χ2v) is 16.4. The molecule has 0 saturated heterocycles. The van der Waals surface area contributed by atoms with Gasteiger partial charge in [-0.2, -0.15) is 8.42 Å². The average molecular weight is 580 g/mol. The molecule has 0 aliphatic heterocycles. The van der Waals surface area contributed by atoms with Crippen LogP contribution in [0.4, 0.5) is 0 Å². The van der Waals surface area contributed by atoms with Crippen LogP contribution in [0.5, 0.6) is 0 Å². The van der Waals surface area contributed by atoms with Gasteiger partial charge in [-0.25, -0.2) is 0 Å². The number of nitrogens with one attached hydrogen (secondary N) is 1. The van der Waals surface area contributed by atoms with E-state index in [-0.39, 0.29) is 44.9 Å². The number of thiophene rings is 1. The van der Waals surface area contributed by atoms with E-state index in [1.807, 2.05) is 6.92 Å². The molecule has 4 saturated carbocycles. The molecule has 4 aliphatic carbocycles. The number of hydrogen-bond acceptors (Lipinski definition) is 6. The van der Waals surface area contributed by atoms with Gasteiger partial charge < -0.3 is 10.4 Å². The second-order valence-electron chi connectivity index (χ2n) is 13.6. The fraction of sp³-hybridized carbons (Fsp3) is 0.800. The van der Waals surface area contributed by atoms with Crippen molar-refractivity contribution in [3.63, 3.8) is 0 Å². The number of amides is 1. The number of aliphatic hydroxyl groups excluding tert-OH is 1. The summed E-state index contributed by atoms with van der Waals surface area (Å²) in [6, 6.07) is 2.76. The summed E-state index contributed by atoms with van der Waals surface area (Å²) in [5, 5.41) is 14.5. The molecule has 9 heteroatoms. The molecule has 39 heavy (non-hydrogen) atoms. The van der Waals surface area contributed by atoms with Gasteiger partial charge in [-0.05, 0) is 103 Å². The number of aliphatic hydroxyl groups is 1. The first-order chi connectivity index (χ1) is 18.3. The Bertz CT molecular complexity index is 1210. The van der Waals surface area contributed by atoms with Crippen LogP contribution in [0.1, 0.15) is 103 Å². The van der Waals surface area contributed by atoms with Crippen LogP contribution in [0.15, 0.2) is 16.3 Å². The second kappa shape index (κ2) is 10.5. The Kier molecular flexibility index (Phi) is 7.88. The molecule has 10 atom stereocenters. The van der Waals surface area contributed by atoms with Crippen LogP contribution >= 0.6 is 11.3 Å². The van der Waals surface area contributed by atoms with Crippen molar-refractivity contribution in [1.29, 1.82) is 0 Å². The number of rotatable bonds is 7. The molecule has 7 nitrogen and oxygen atoms in total. The van der Waals surface area contributed by atoms with Crippen LogP contribution in [0, 0.1) is 46.3 Å². The van der Waals surface area contributed by atoms with Crippen LogP contribution in [0.25, 0.3) is 0 Å². The van der Waals surface area contributed by atoms with Crippen molar-refractivity contribution in [1.82, 2.24) is 5.32 Å². The molecule has 4 fully saturated rings. The molecule has 218 valence electrons. The highest BCUT2D eigenvalue weighted by Crippen LogP contribution is 2.68. The molecular formula is C30H45NO6S2. The molecule has 5 rings (SSSR count). The van der Waals surface area contributed by atoms with Gasteiger partial charge in [-0.15, -0.1) is 11.3 Å². The zero-order valence-electron chi connectivity index (χ0n) is 23.7. The number of ketones is 1. The highest BCUT2D eigenvalue weighted by molar-refractivity contribution is 7.88. The molecule has 1 aromatic rings. The van der Waals surface area contributed by atoms with E-state index >= 15 is 0 Å².